The Morgan fingerprint density at radius 1 is 1.40 bits per heavy atom. The van der Waals surface area contributed by atoms with Gasteiger partial charge in [0.15, 0.2) is 0 Å². The third kappa shape index (κ3) is 3.98. The van der Waals surface area contributed by atoms with Crippen LogP contribution in [0.25, 0.3) is 0 Å². The Morgan fingerprint density at radius 3 is 2.75 bits per heavy atom. The smallest absolute Gasteiger partial charge is 0.133 e. The first kappa shape index (κ1) is 15.8. The number of hydrogen-bond donors (Lipinski definition) is 1. The van der Waals surface area contributed by atoms with E-state index in [4.69, 9.17) is 4.74 Å². The van der Waals surface area contributed by atoms with E-state index in [0.29, 0.717) is 17.5 Å². The molecule has 0 amide bonds. The predicted molar refractivity (Wildman–Crippen MR) is 88.3 cm³/mol. The van der Waals surface area contributed by atoms with Gasteiger partial charge in [-0.1, -0.05) is 26.3 Å². The van der Waals surface area contributed by atoms with E-state index < -0.39 is 0 Å². The molecule has 2 nitrogen and oxygen atoms in total. The van der Waals surface area contributed by atoms with Crippen molar-refractivity contribution in [3.05, 3.63) is 28.2 Å². The number of halogens is 1. The van der Waals surface area contributed by atoms with Crippen LogP contribution in [0.3, 0.4) is 0 Å². The highest BCUT2D eigenvalue weighted by Crippen LogP contribution is 2.36. The van der Waals surface area contributed by atoms with Crippen molar-refractivity contribution in [2.75, 3.05) is 7.11 Å². The molecule has 0 spiro atoms. The highest BCUT2D eigenvalue weighted by molar-refractivity contribution is 9.10. The molecule has 1 saturated carbocycles. The number of benzene rings is 1. The molecule has 0 aliphatic heterocycles. The zero-order valence-electron chi connectivity index (χ0n) is 13.0. The summed E-state index contributed by atoms with van der Waals surface area (Å²) in [5.41, 5.74) is 1.79. The average Bonchev–Trinajstić information content (AvgIpc) is 2.37. The Bertz CT molecular complexity index is 458. The van der Waals surface area contributed by atoms with Gasteiger partial charge in [0.05, 0.1) is 11.6 Å². The van der Waals surface area contributed by atoms with Gasteiger partial charge < -0.3 is 10.1 Å². The number of rotatable bonds is 4. The standard InChI is InChI=1S/C17H26BrNO/c1-12(13-7-8-16(20-4)15(18)10-13)19-14-6-5-9-17(2,3)11-14/h7-8,10,12,14,19H,5-6,9,11H2,1-4H3. The Hall–Kier alpha value is -0.540. The number of methoxy groups -OCH3 is 1. The van der Waals surface area contributed by atoms with Crippen LogP contribution in [0, 0.1) is 5.41 Å². The third-order valence-electron chi connectivity index (χ3n) is 4.37. The van der Waals surface area contributed by atoms with Crippen molar-refractivity contribution >= 4 is 15.9 Å². The Balaban J connectivity index is 2.01. The van der Waals surface area contributed by atoms with Gasteiger partial charge in [-0.2, -0.15) is 0 Å². The molecule has 3 heteroatoms. The van der Waals surface area contributed by atoms with Gasteiger partial charge >= 0.3 is 0 Å². The zero-order chi connectivity index (χ0) is 14.8. The average molecular weight is 340 g/mol. The van der Waals surface area contributed by atoms with E-state index in [9.17, 15) is 0 Å². The van der Waals surface area contributed by atoms with E-state index in [1.54, 1.807) is 7.11 Å². The molecule has 0 heterocycles. The van der Waals surface area contributed by atoms with Gasteiger partial charge in [-0.15, -0.1) is 0 Å². The summed E-state index contributed by atoms with van der Waals surface area (Å²) in [5.74, 6) is 0.889. The summed E-state index contributed by atoms with van der Waals surface area (Å²) >= 11 is 3.57. The van der Waals surface area contributed by atoms with Crippen LogP contribution < -0.4 is 10.1 Å². The van der Waals surface area contributed by atoms with Crippen molar-refractivity contribution in [2.24, 2.45) is 5.41 Å². The van der Waals surface area contributed by atoms with Crippen LogP contribution in [0.1, 0.15) is 58.1 Å². The van der Waals surface area contributed by atoms with Gasteiger partial charge in [-0.25, -0.2) is 0 Å². The van der Waals surface area contributed by atoms with Crippen LogP contribution in [-0.4, -0.2) is 13.2 Å². The molecular formula is C17H26BrNO. The molecule has 112 valence electrons. The fraction of sp³-hybridized carbons (Fsp3) is 0.647. The molecule has 1 aliphatic rings. The molecule has 1 aromatic rings. The normalized spacial score (nSPS) is 23.4. The maximum Gasteiger partial charge on any atom is 0.133 e. The Morgan fingerprint density at radius 2 is 2.15 bits per heavy atom. The maximum atomic E-state index is 5.29. The second-order valence-corrected chi connectivity index (χ2v) is 7.59. The summed E-state index contributed by atoms with van der Waals surface area (Å²) in [6.07, 6.45) is 5.26. The first-order chi connectivity index (χ1) is 9.41. The molecule has 1 fully saturated rings. The fourth-order valence-corrected chi connectivity index (χ4v) is 3.80. The summed E-state index contributed by atoms with van der Waals surface area (Å²) in [7, 11) is 1.70. The lowest BCUT2D eigenvalue weighted by molar-refractivity contribution is 0.191. The molecule has 0 saturated heterocycles. The second kappa shape index (κ2) is 6.48. The Kier molecular flexibility index (Phi) is 5.14. The van der Waals surface area contributed by atoms with Crippen molar-refractivity contribution in [3.63, 3.8) is 0 Å². The quantitative estimate of drug-likeness (QED) is 0.825. The second-order valence-electron chi connectivity index (χ2n) is 6.74. The van der Waals surface area contributed by atoms with E-state index in [1.807, 2.05) is 6.07 Å². The van der Waals surface area contributed by atoms with E-state index in [-0.39, 0.29) is 0 Å². The topological polar surface area (TPSA) is 21.3 Å². The van der Waals surface area contributed by atoms with Crippen LogP contribution >= 0.6 is 15.9 Å². The van der Waals surface area contributed by atoms with Crippen LogP contribution in [-0.2, 0) is 0 Å². The van der Waals surface area contributed by atoms with Crippen molar-refractivity contribution < 1.29 is 4.74 Å². The number of hydrogen-bond acceptors (Lipinski definition) is 2. The maximum absolute atomic E-state index is 5.29. The largest absolute Gasteiger partial charge is 0.496 e. The number of nitrogens with one attached hydrogen (secondary N) is 1. The lowest BCUT2D eigenvalue weighted by Gasteiger charge is -2.37. The molecule has 20 heavy (non-hydrogen) atoms. The minimum absolute atomic E-state index is 0.371. The molecule has 2 unspecified atom stereocenters. The van der Waals surface area contributed by atoms with Crippen molar-refractivity contribution in [1.82, 2.24) is 5.32 Å². The lowest BCUT2D eigenvalue weighted by Crippen LogP contribution is -2.38. The molecule has 1 aliphatic carbocycles. The van der Waals surface area contributed by atoms with Gasteiger partial charge in [0.25, 0.3) is 0 Å². The van der Waals surface area contributed by atoms with Crippen molar-refractivity contribution in [2.45, 2.75) is 58.5 Å². The van der Waals surface area contributed by atoms with Crippen LogP contribution in [0.4, 0.5) is 0 Å². The van der Waals surface area contributed by atoms with E-state index in [1.165, 1.54) is 31.2 Å². The van der Waals surface area contributed by atoms with Gasteiger partial charge in [-0.3, -0.25) is 0 Å². The van der Waals surface area contributed by atoms with E-state index in [0.717, 1.165) is 10.2 Å². The fourth-order valence-electron chi connectivity index (χ4n) is 3.24. The molecular weight excluding hydrogens is 314 g/mol. The van der Waals surface area contributed by atoms with Crippen LogP contribution in [0.15, 0.2) is 22.7 Å². The van der Waals surface area contributed by atoms with E-state index in [2.05, 4.69) is 54.2 Å². The number of ether oxygens (including phenoxy) is 1. The predicted octanol–water partition coefficient (Wildman–Crippen LogP) is 5.08. The highest BCUT2D eigenvalue weighted by atomic mass is 79.9. The minimum atomic E-state index is 0.371. The Labute approximate surface area is 131 Å². The highest BCUT2D eigenvalue weighted by Gasteiger charge is 2.28. The van der Waals surface area contributed by atoms with Crippen LogP contribution in [0.5, 0.6) is 5.75 Å². The van der Waals surface area contributed by atoms with Gasteiger partial charge in [0.1, 0.15) is 5.75 Å². The monoisotopic (exact) mass is 339 g/mol. The summed E-state index contributed by atoms with van der Waals surface area (Å²) in [6.45, 7) is 7.01. The summed E-state index contributed by atoms with van der Waals surface area (Å²) in [4.78, 5) is 0. The molecule has 1 N–H and O–H groups in total. The van der Waals surface area contributed by atoms with Crippen molar-refractivity contribution in [3.8, 4) is 5.75 Å². The SMILES string of the molecule is COc1ccc(C(C)NC2CCCC(C)(C)C2)cc1Br. The zero-order valence-corrected chi connectivity index (χ0v) is 14.6. The van der Waals surface area contributed by atoms with Crippen molar-refractivity contribution in [1.29, 1.82) is 0 Å². The lowest BCUT2D eigenvalue weighted by atomic mass is 9.75. The molecule has 2 atom stereocenters. The first-order valence-electron chi connectivity index (χ1n) is 7.51. The van der Waals surface area contributed by atoms with Gasteiger partial charge in [0, 0.05) is 12.1 Å². The van der Waals surface area contributed by atoms with Gasteiger partial charge in [0.2, 0.25) is 0 Å². The third-order valence-corrected chi connectivity index (χ3v) is 4.99. The summed E-state index contributed by atoms with van der Waals surface area (Å²) < 4.78 is 6.31. The molecule has 1 aromatic carbocycles. The molecule has 0 aromatic heterocycles. The van der Waals surface area contributed by atoms with E-state index >= 15 is 0 Å². The minimum Gasteiger partial charge on any atom is -0.496 e. The molecule has 0 bridgehead atoms. The summed E-state index contributed by atoms with van der Waals surface area (Å²) in [6, 6.07) is 7.34. The van der Waals surface area contributed by atoms with Crippen LogP contribution in [0.2, 0.25) is 0 Å². The first-order valence-corrected chi connectivity index (χ1v) is 8.30. The molecule has 0 radical (unpaired) electrons. The van der Waals surface area contributed by atoms with Gasteiger partial charge in [-0.05, 0) is 65.2 Å². The summed E-state index contributed by atoms with van der Waals surface area (Å²) in [5, 5.41) is 3.79. The molecule has 2 rings (SSSR count).